The molecule has 0 aromatic heterocycles. The number of hydrogen-bond donors (Lipinski definition) is 3. The number of unbranched alkanes of at least 4 members (excludes halogenated alkanes) is 13. The number of esters is 1. The standard InChI is InChI=1S/C21H42O5.K/c1-2-3-4-5-6-7-8-9-10-11-12-13-14-15-16-20(24)21(25)26-18-19(23)17-22;/h19-20,22-24H,2-18H2,1H3;. The summed E-state index contributed by atoms with van der Waals surface area (Å²) in [5.41, 5.74) is 0. The van der Waals surface area contributed by atoms with Gasteiger partial charge in [-0.25, -0.2) is 4.79 Å². The van der Waals surface area contributed by atoms with E-state index in [4.69, 9.17) is 14.9 Å². The van der Waals surface area contributed by atoms with E-state index in [0.717, 1.165) is 19.3 Å². The zero-order valence-electron chi connectivity index (χ0n) is 17.8. The second kappa shape index (κ2) is 23.3. The van der Waals surface area contributed by atoms with Crippen molar-refractivity contribution in [2.24, 2.45) is 0 Å². The molecule has 0 aliphatic rings. The first-order chi connectivity index (χ1) is 12.6. The molecule has 0 fully saturated rings. The zero-order valence-corrected chi connectivity index (χ0v) is 21.0. The molecule has 2 atom stereocenters. The molecule has 0 saturated carbocycles. The fraction of sp³-hybridized carbons (Fsp3) is 0.952. The number of rotatable bonds is 19. The maximum atomic E-state index is 11.5. The largest absolute Gasteiger partial charge is 0.461 e. The summed E-state index contributed by atoms with van der Waals surface area (Å²) in [5, 5.41) is 27.4. The molecule has 2 unspecified atom stereocenters. The quantitative estimate of drug-likeness (QED) is 0.171. The first-order valence-corrected chi connectivity index (χ1v) is 10.8. The minimum absolute atomic E-state index is 0. The Balaban J connectivity index is 0. The van der Waals surface area contributed by atoms with Gasteiger partial charge in [0, 0.05) is 51.4 Å². The predicted octanol–water partition coefficient (Wildman–Crippen LogP) is 3.73. The maximum Gasteiger partial charge on any atom is 0.335 e. The summed E-state index contributed by atoms with van der Waals surface area (Å²) >= 11 is 0. The van der Waals surface area contributed by atoms with Crippen LogP contribution in [0, 0.1) is 0 Å². The topological polar surface area (TPSA) is 87.0 Å². The third-order valence-electron chi connectivity index (χ3n) is 4.73. The number of aliphatic hydroxyl groups excluding tert-OH is 3. The Hall–Kier alpha value is 0.986. The average molecular weight is 414 g/mol. The average Bonchev–Trinajstić information content (AvgIpc) is 2.65. The van der Waals surface area contributed by atoms with Crippen LogP contribution in [0.1, 0.15) is 103 Å². The number of ether oxygens (including phenoxy) is 1. The van der Waals surface area contributed by atoms with Gasteiger partial charge in [0.05, 0.1) is 6.61 Å². The zero-order chi connectivity index (χ0) is 19.5. The van der Waals surface area contributed by atoms with Gasteiger partial charge in [-0.05, 0) is 6.42 Å². The monoisotopic (exact) mass is 413 g/mol. The first kappa shape index (κ1) is 30.2. The van der Waals surface area contributed by atoms with E-state index in [2.05, 4.69) is 6.92 Å². The SMILES string of the molecule is CCCCCCCCCCCCCCCCC(O)C(=O)OCC(O)CO.[K]. The minimum atomic E-state index is -1.13. The van der Waals surface area contributed by atoms with E-state index in [1.54, 1.807) is 0 Å². The molecule has 0 rings (SSSR count). The van der Waals surface area contributed by atoms with Gasteiger partial charge in [-0.3, -0.25) is 0 Å². The van der Waals surface area contributed by atoms with Crippen molar-refractivity contribution in [2.45, 2.75) is 115 Å². The Labute approximate surface area is 209 Å². The van der Waals surface area contributed by atoms with E-state index in [1.807, 2.05) is 0 Å². The van der Waals surface area contributed by atoms with Crippen LogP contribution in [-0.4, -0.2) is 98.1 Å². The van der Waals surface area contributed by atoms with Gasteiger partial charge in [-0.15, -0.1) is 0 Å². The van der Waals surface area contributed by atoms with Crippen molar-refractivity contribution in [3.63, 3.8) is 0 Å². The molecule has 6 heteroatoms. The van der Waals surface area contributed by atoms with Crippen molar-refractivity contribution in [3.8, 4) is 0 Å². The smallest absolute Gasteiger partial charge is 0.335 e. The van der Waals surface area contributed by atoms with Gasteiger partial charge in [0.1, 0.15) is 12.7 Å². The van der Waals surface area contributed by atoms with Crippen molar-refractivity contribution < 1.29 is 24.9 Å². The van der Waals surface area contributed by atoms with Crippen LogP contribution in [0.4, 0.5) is 0 Å². The molecule has 0 heterocycles. The van der Waals surface area contributed by atoms with Crippen molar-refractivity contribution in [1.29, 1.82) is 0 Å². The van der Waals surface area contributed by atoms with Crippen LogP contribution < -0.4 is 0 Å². The number of hydrogen-bond acceptors (Lipinski definition) is 5. The Morgan fingerprint density at radius 2 is 1.19 bits per heavy atom. The summed E-state index contributed by atoms with van der Waals surface area (Å²) in [6.45, 7) is 1.52. The molecule has 3 N–H and O–H groups in total. The van der Waals surface area contributed by atoms with E-state index in [9.17, 15) is 9.90 Å². The third-order valence-corrected chi connectivity index (χ3v) is 4.73. The summed E-state index contributed by atoms with van der Waals surface area (Å²) < 4.78 is 4.73. The Kier molecular flexibility index (Phi) is 26.0. The number of aliphatic hydroxyl groups is 3. The van der Waals surface area contributed by atoms with Crippen LogP contribution in [0.25, 0.3) is 0 Å². The Bertz CT molecular complexity index is 315. The second-order valence-electron chi connectivity index (χ2n) is 7.37. The van der Waals surface area contributed by atoms with Gasteiger partial charge >= 0.3 is 5.97 Å². The summed E-state index contributed by atoms with van der Waals surface area (Å²) in [7, 11) is 0. The molecule has 5 nitrogen and oxygen atoms in total. The van der Waals surface area contributed by atoms with Gasteiger partial charge in [-0.1, -0.05) is 96.8 Å². The molecule has 0 aliphatic heterocycles. The van der Waals surface area contributed by atoms with Crippen molar-refractivity contribution >= 4 is 57.4 Å². The van der Waals surface area contributed by atoms with Gasteiger partial charge in [0.2, 0.25) is 0 Å². The molecule has 157 valence electrons. The van der Waals surface area contributed by atoms with Crippen LogP contribution in [0.5, 0.6) is 0 Å². The van der Waals surface area contributed by atoms with Gasteiger partial charge < -0.3 is 20.1 Å². The van der Waals surface area contributed by atoms with E-state index in [-0.39, 0.29) is 58.0 Å². The first-order valence-electron chi connectivity index (χ1n) is 10.8. The molecule has 1 radical (unpaired) electrons. The van der Waals surface area contributed by atoms with Gasteiger partial charge in [-0.2, -0.15) is 0 Å². The maximum absolute atomic E-state index is 11.5. The second-order valence-corrected chi connectivity index (χ2v) is 7.37. The van der Waals surface area contributed by atoms with Gasteiger partial charge in [0.25, 0.3) is 0 Å². The normalized spacial score (nSPS) is 13.0. The van der Waals surface area contributed by atoms with Gasteiger partial charge in [0.15, 0.2) is 6.10 Å². The summed E-state index contributed by atoms with van der Waals surface area (Å²) in [6.07, 6.45) is 15.9. The molecule has 0 bridgehead atoms. The number of carbonyl (C=O) groups is 1. The van der Waals surface area contributed by atoms with E-state index in [0.29, 0.717) is 6.42 Å². The molecule has 0 aromatic carbocycles. The van der Waals surface area contributed by atoms with Crippen molar-refractivity contribution in [1.82, 2.24) is 0 Å². The van der Waals surface area contributed by atoms with Crippen LogP contribution >= 0.6 is 0 Å². The molecular formula is C21H42KO5. The fourth-order valence-corrected chi connectivity index (χ4v) is 2.98. The van der Waals surface area contributed by atoms with E-state index in [1.165, 1.54) is 70.6 Å². The van der Waals surface area contributed by atoms with Crippen molar-refractivity contribution in [3.05, 3.63) is 0 Å². The number of carbonyl (C=O) groups excluding carboxylic acids is 1. The molecule has 0 saturated heterocycles. The van der Waals surface area contributed by atoms with E-state index >= 15 is 0 Å². The Morgan fingerprint density at radius 3 is 1.59 bits per heavy atom. The summed E-state index contributed by atoms with van der Waals surface area (Å²) in [5.74, 6) is -0.716. The Morgan fingerprint density at radius 1 is 0.778 bits per heavy atom. The molecule has 0 aliphatic carbocycles. The predicted molar refractivity (Wildman–Crippen MR) is 111 cm³/mol. The molecule has 0 aromatic rings. The summed E-state index contributed by atoms with van der Waals surface area (Å²) in [6, 6.07) is 0. The third kappa shape index (κ3) is 21.5. The van der Waals surface area contributed by atoms with Crippen LogP contribution in [0.15, 0.2) is 0 Å². The van der Waals surface area contributed by atoms with Crippen LogP contribution in [0.2, 0.25) is 0 Å². The van der Waals surface area contributed by atoms with Crippen LogP contribution in [-0.2, 0) is 9.53 Å². The minimum Gasteiger partial charge on any atom is -0.461 e. The van der Waals surface area contributed by atoms with E-state index < -0.39 is 24.8 Å². The summed E-state index contributed by atoms with van der Waals surface area (Å²) in [4.78, 5) is 11.5. The molecule has 0 spiro atoms. The fourth-order valence-electron chi connectivity index (χ4n) is 2.98. The molecule has 0 amide bonds. The molecular weight excluding hydrogens is 371 g/mol. The van der Waals surface area contributed by atoms with Crippen molar-refractivity contribution in [2.75, 3.05) is 13.2 Å². The van der Waals surface area contributed by atoms with Crippen LogP contribution in [0.3, 0.4) is 0 Å². The molecule has 27 heavy (non-hydrogen) atoms.